The van der Waals surface area contributed by atoms with Gasteiger partial charge in [-0.3, -0.25) is 14.7 Å². The normalized spacial score (nSPS) is 15.0. The summed E-state index contributed by atoms with van der Waals surface area (Å²) in [5, 5.41) is 12.9. The maximum atomic E-state index is 13.2. The lowest BCUT2D eigenvalue weighted by Gasteiger charge is -2.36. The van der Waals surface area contributed by atoms with E-state index in [-0.39, 0.29) is 28.4 Å². The first-order valence-electron chi connectivity index (χ1n) is 11.4. The molecule has 1 unspecified atom stereocenters. The maximum Gasteiger partial charge on any atom is 0.355 e. The van der Waals surface area contributed by atoms with Crippen LogP contribution in [0.5, 0.6) is 0 Å². The first-order chi connectivity index (χ1) is 18.4. The van der Waals surface area contributed by atoms with Gasteiger partial charge in [-0.05, 0) is 35.9 Å². The number of hydrogen-bond acceptors (Lipinski definition) is 9. The Labute approximate surface area is 218 Å². The highest BCUT2D eigenvalue weighted by Gasteiger charge is 2.43. The van der Waals surface area contributed by atoms with Crippen molar-refractivity contribution in [2.45, 2.75) is 5.92 Å². The molecule has 0 bridgehead atoms. The number of pyridine rings is 1. The molecule has 4 rings (SSSR count). The molecule has 10 nitrogen and oxygen atoms in total. The van der Waals surface area contributed by atoms with Crippen molar-refractivity contribution in [1.82, 2.24) is 4.98 Å². The number of rotatable bonds is 6. The van der Waals surface area contributed by atoms with Crippen molar-refractivity contribution in [1.29, 1.82) is 5.26 Å². The summed E-state index contributed by atoms with van der Waals surface area (Å²) in [7, 11) is 2.35. The molecule has 38 heavy (non-hydrogen) atoms. The van der Waals surface area contributed by atoms with Crippen molar-refractivity contribution in [2.24, 2.45) is 5.73 Å². The Morgan fingerprint density at radius 3 is 2.32 bits per heavy atom. The lowest BCUT2D eigenvalue weighted by Crippen LogP contribution is -2.40. The van der Waals surface area contributed by atoms with Crippen LogP contribution in [0, 0.1) is 11.3 Å². The molecular weight excluding hydrogens is 486 g/mol. The first kappa shape index (κ1) is 25.7. The van der Waals surface area contributed by atoms with Gasteiger partial charge in [0, 0.05) is 17.6 Å². The van der Waals surface area contributed by atoms with E-state index in [9.17, 15) is 19.6 Å². The van der Waals surface area contributed by atoms with Gasteiger partial charge in [0.1, 0.15) is 17.2 Å². The molecule has 0 saturated heterocycles. The number of anilines is 2. The zero-order valence-electron chi connectivity index (χ0n) is 20.5. The SMILES string of the molecule is COC(=O)C1=C(C(=O)OC)N(c2cccc(NC(=O)c3ccccn3)c2)C(N)=C(C#N)C1c1ccccc1. The minimum absolute atomic E-state index is 0.0344. The second-order valence-corrected chi connectivity index (χ2v) is 8.05. The van der Waals surface area contributed by atoms with Crippen LogP contribution in [-0.2, 0) is 19.1 Å². The van der Waals surface area contributed by atoms with Crippen molar-refractivity contribution in [3.63, 3.8) is 0 Å². The third-order valence-electron chi connectivity index (χ3n) is 5.87. The molecule has 1 aliphatic rings. The quantitative estimate of drug-likeness (QED) is 0.478. The van der Waals surface area contributed by atoms with Gasteiger partial charge in [0.2, 0.25) is 0 Å². The minimum Gasteiger partial charge on any atom is -0.466 e. The number of carbonyl (C=O) groups is 3. The topological polar surface area (TPSA) is 148 Å². The molecule has 10 heteroatoms. The molecule has 0 radical (unpaired) electrons. The number of methoxy groups -OCH3 is 2. The Kier molecular flexibility index (Phi) is 7.49. The summed E-state index contributed by atoms with van der Waals surface area (Å²) in [6, 6.07) is 22.2. The smallest absolute Gasteiger partial charge is 0.355 e. The Bertz CT molecular complexity index is 1490. The van der Waals surface area contributed by atoms with Gasteiger partial charge in [0.25, 0.3) is 5.91 Å². The Morgan fingerprint density at radius 1 is 0.974 bits per heavy atom. The van der Waals surface area contributed by atoms with E-state index >= 15 is 0 Å². The summed E-state index contributed by atoms with van der Waals surface area (Å²) in [6.07, 6.45) is 1.50. The third-order valence-corrected chi connectivity index (χ3v) is 5.87. The zero-order chi connectivity index (χ0) is 27.2. The van der Waals surface area contributed by atoms with E-state index in [1.54, 1.807) is 72.8 Å². The van der Waals surface area contributed by atoms with Crippen LogP contribution in [0.4, 0.5) is 11.4 Å². The predicted molar refractivity (Wildman–Crippen MR) is 138 cm³/mol. The molecule has 3 aromatic rings. The van der Waals surface area contributed by atoms with Gasteiger partial charge in [-0.15, -0.1) is 0 Å². The number of benzene rings is 2. The van der Waals surface area contributed by atoms with Gasteiger partial charge < -0.3 is 20.5 Å². The fourth-order valence-corrected chi connectivity index (χ4v) is 4.20. The van der Waals surface area contributed by atoms with E-state index < -0.39 is 23.8 Å². The fraction of sp³-hybridized carbons (Fsp3) is 0.107. The van der Waals surface area contributed by atoms with Crippen LogP contribution >= 0.6 is 0 Å². The molecule has 2 aromatic carbocycles. The lowest BCUT2D eigenvalue weighted by molar-refractivity contribution is -0.139. The number of esters is 2. The molecule has 1 amide bonds. The maximum absolute atomic E-state index is 13.2. The van der Waals surface area contributed by atoms with Crippen LogP contribution < -0.4 is 16.0 Å². The number of nitrogens with zero attached hydrogens (tertiary/aromatic N) is 3. The summed E-state index contributed by atoms with van der Waals surface area (Å²) >= 11 is 0. The minimum atomic E-state index is -0.981. The van der Waals surface area contributed by atoms with Gasteiger partial charge in [0.15, 0.2) is 0 Å². The average Bonchev–Trinajstić information content (AvgIpc) is 2.96. The second-order valence-electron chi connectivity index (χ2n) is 8.05. The largest absolute Gasteiger partial charge is 0.466 e. The third kappa shape index (κ3) is 4.81. The monoisotopic (exact) mass is 509 g/mol. The highest BCUT2D eigenvalue weighted by Crippen LogP contribution is 2.43. The molecule has 190 valence electrons. The highest BCUT2D eigenvalue weighted by atomic mass is 16.5. The number of allylic oxidation sites excluding steroid dienone is 1. The molecule has 0 saturated carbocycles. The van der Waals surface area contributed by atoms with Crippen molar-refractivity contribution >= 4 is 29.2 Å². The Hall–Kier alpha value is -5.43. The van der Waals surface area contributed by atoms with E-state index in [0.29, 0.717) is 16.9 Å². The zero-order valence-corrected chi connectivity index (χ0v) is 20.5. The van der Waals surface area contributed by atoms with E-state index in [4.69, 9.17) is 15.2 Å². The summed E-state index contributed by atoms with van der Waals surface area (Å²) in [5.41, 5.74) is 7.64. The number of nitrogens with one attached hydrogen (secondary N) is 1. The standard InChI is InChI=1S/C28H23N5O5/c1-37-27(35)23-22(17-9-4-3-5-10-17)20(16-29)25(30)33(24(23)28(36)38-2)19-12-8-11-18(15-19)32-26(34)21-13-6-7-14-31-21/h3-15,22H,30H2,1-2H3,(H,32,34). The molecule has 0 aliphatic carbocycles. The summed E-state index contributed by atoms with van der Waals surface area (Å²) < 4.78 is 10.1. The van der Waals surface area contributed by atoms with Crippen molar-refractivity contribution < 1.29 is 23.9 Å². The fourth-order valence-electron chi connectivity index (χ4n) is 4.20. The number of nitriles is 1. The molecule has 1 atom stereocenters. The van der Waals surface area contributed by atoms with Gasteiger partial charge in [-0.25, -0.2) is 9.59 Å². The molecular formula is C28H23N5O5. The van der Waals surface area contributed by atoms with Crippen LogP contribution in [0.3, 0.4) is 0 Å². The van der Waals surface area contributed by atoms with Crippen LogP contribution in [0.25, 0.3) is 0 Å². The number of aromatic nitrogens is 1. The molecule has 2 heterocycles. The Morgan fingerprint density at radius 2 is 1.68 bits per heavy atom. The van der Waals surface area contributed by atoms with Crippen LogP contribution in [-0.4, -0.2) is 37.0 Å². The van der Waals surface area contributed by atoms with E-state index in [0.717, 1.165) is 0 Å². The van der Waals surface area contributed by atoms with Crippen molar-refractivity contribution in [2.75, 3.05) is 24.4 Å². The average molecular weight is 510 g/mol. The number of carbonyl (C=O) groups excluding carboxylic acids is 3. The Balaban J connectivity index is 1.89. The molecule has 0 spiro atoms. The molecule has 3 N–H and O–H groups in total. The van der Waals surface area contributed by atoms with Gasteiger partial charge >= 0.3 is 11.9 Å². The molecule has 1 aliphatic heterocycles. The summed E-state index contributed by atoms with van der Waals surface area (Å²) in [5.74, 6) is -3.21. The summed E-state index contributed by atoms with van der Waals surface area (Å²) in [4.78, 5) is 44.3. The van der Waals surface area contributed by atoms with Crippen LogP contribution in [0.2, 0.25) is 0 Å². The number of nitrogens with two attached hydrogens (primary N) is 1. The lowest BCUT2D eigenvalue weighted by atomic mass is 9.81. The number of ether oxygens (including phenoxy) is 2. The number of hydrogen-bond donors (Lipinski definition) is 2. The van der Waals surface area contributed by atoms with Gasteiger partial charge in [0.05, 0.1) is 37.4 Å². The van der Waals surface area contributed by atoms with Crippen LogP contribution in [0.1, 0.15) is 22.0 Å². The van der Waals surface area contributed by atoms with Gasteiger partial charge in [-0.1, -0.05) is 42.5 Å². The van der Waals surface area contributed by atoms with E-state index in [1.807, 2.05) is 0 Å². The van der Waals surface area contributed by atoms with E-state index in [2.05, 4.69) is 16.4 Å². The summed E-state index contributed by atoms with van der Waals surface area (Å²) in [6.45, 7) is 0. The first-order valence-corrected chi connectivity index (χ1v) is 11.4. The van der Waals surface area contributed by atoms with Crippen LogP contribution in [0.15, 0.2) is 102 Å². The van der Waals surface area contributed by atoms with E-state index in [1.165, 1.54) is 25.3 Å². The van der Waals surface area contributed by atoms with Crippen molar-refractivity contribution in [3.05, 3.63) is 113 Å². The van der Waals surface area contributed by atoms with Gasteiger partial charge in [-0.2, -0.15) is 5.26 Å². The molecule has 0 fully saturated rings. The molecule has 1 aromatic heterocycles. The second kappa shape index (κ2) is 11.1. The number of amides is 1. The van der Waals surface area contributed by atoms with Crippen molar-refractivity contribution in [3.8, 4) is 6.07 Å². The highest BCUT2D eigenvalue weighted by molar-refractivity contribution is 6.07. The predicted octanol–water partition coefficient (Wildman–Crippen LogP) is 3.23.